The molecule has 0 heterocycles. The number of hydrogen-bond donors (Lipinski definition) is 1. The third-order valence-electron chi connectivity index (χ3n) is 2.13. The summed E-state index contributed by atoms with van der Waals surface area (Å²) >= 11 is 0. The minimum Gasteiger partial charge on any atom is -0.320 e. The molecule has 0 aliphatic carbocycles. The van der Waals surface area contributed by atoms with Gasteiger partial charge in [0, 0.05) is 11.9 Å². The molecule has 1 aromatic carbocycles. The fourth-order valence-electron chi connectivity index (χ4n) is 1.07. The van der Waals surface area contributed by atoms with Crippen LogP contribution in [0.3, 0.4) is 0 Å². The van der Waals surface area contributed by atoms with Crippen LogP contribution in [0.15, 0.2) is 30.8 Å². The molecule has 4 nitrogen and oxygen atoms in total. The number of sulfone groups is 1. The lowest BCUT2D eigenvalue weighted by Crippen LogP contribution is -2.41. The van der Waals surface area contributed by atoms with Gasteiger partial charge in [0.2, 0.25) is 9.84 Å². The van der Waals surface area contributed by atoms with Crippen LogP contribution in [0.5, 0.6) is 0 Å². The Bertz CT molecular complexity index is 564. The molecule has 0 aliphatic heterocycles. The van der Waals surface area contributed by atoms with Gasteiger partial charge in [0.25, 0.3) is 0 Å². The van der Waals surface area contributed by atoms with Crippen LogP contribution in [0.2, 0.25) is 0 Å². The van der Waals surface area contributed by atoms with Crippen LogP contribution >= 0.6 is 0 Å². The summed E-state index contributed by atoms with van der Waals surface area (Å²) in [7, 11) is -4.80. The maximum Gasteiger partial charge on any atom is 0.421 e. The second-order valence-electron chi connectivity index (χ2n) is 3.57. The van der Waals surface area contributed by atoms with Crippen molar-refractivity contribution in [2.75, 3.05) is 11.6 Å². The Balaban J connectivity index is 2.91. The van der Waals surface area contributed by atoms with Gasteiger partial charge >= 0.3 is 11.2 Å². The van der Waals surface area contributed by atoms with E-state index in [1.54, 1.807) is 12.1 Å². The van der Waals surface area contributed by atoms with Crippen LogP contribution in [0.1, 0.15) is 5.56 Å². The molecule has 0 radical (unpaired) electrons. The van der Waals surface area contributed by atoms with E-state index in [0.717, 1.165) is 5.56 Å². The van der Waals surface area contributed by atoms with Crippen LogP contribution in [-0.4, -0.2) is 25.8 Å². The molecule has 1 N–H and O–H groups in total. The van der Waals surface area contributed by atoms with Crippen LogP contribution in [0, 0.1) is 0 Å². The topological polar surface area (TPSA) is 63.2 Å². The smallest absolute Gasteiger partial charge is 0.320 e. The lowest BCUT2D eigenvalue weighted by Gasteiger charge is -2.13. The number of benzene rings is 1. The predicted molar refractivity (Wildman–Crippen MR) is 65.0 cm³/mol. The average Bonchev–Trinajstić information content (AvgIpc) is 2.28. The van der Waals surface area contributed by atoms with E-state index in [-0.39, 0.29) is 5.69 Å². The zero-order chi connectivity index (χ0) is 14.0. The summed E-state index contributed by atoms with van der Waals surface area (Å²) in [5, 5.41) is -2.62. The molecule has 0 bridgehead atoms. The van der Waals surface area contributed by atoms with Crippen molar-refractivity contribution in [2.45, 2.75) is 5.25 Å². The SMILES string of the molecule is C=Cc1ccc(NC(=O)C(F)(F)S(C)(=O)=O)cc1. The van der Waals surface area contributed by atoms with Gasteiger partial charge in [-0.05, 0) is 17.7 Å². The molecule has 0 unspecified atom stereocenters. The normalized spacial score (nSPS) is 11.9. The molecule has 0 aliphatic rings. The summed E-state index contributed by atoms with van der Waals surface area (Å²) in [5.41, 5.74) is 0.816. The summed E-state index contributed by atoms with van der Waals surface area (Å²) in [6.07, 6.45) is 1.84. The number of carbonyl (C=O) groups excluding carboxylic acids is 1. The van der Waals surface area contributed by atoms with E-state index in [2.05, 4.69) is 6.58 Å². The molecular formula is C11H11F2NO3S. The van der Waals surface area contributed by atoms with Crippen LogP contribution in [0.25, 0.3) is 6.08 Å². The number of carbonyl (C=O) groups is 1. The highest BCUT2D eigenvalue weighted by atomic mass is 32.2. The molecule has 98 valence electrons. The van der Waals surface area contributed by atoms with E-state index in [0.29, 0.717) is 6.26 Å². The van der Waals surface area contributed by atoms with Gasteiger partial charge in [0.1, 0.15) is 0 Å². The van der Waals surface area contributed by atoms with Crippen molar-refractivity contribution < 1.29 is 22.0 Å². The van der Waals surface area contributed by atoms with Gasteiger partial charge in [-0.15, -0.1) is 0 Å². The van der Waals surface area contributed by atoms with Crippen molar-refractivity contribution in [3.63, 3.8) is 0 Å². The molecule has 0 saturated heterocycles. The van der Waals surface area contributed by atoms with Crippen LogP contribution < -0.4 is 5.32 Å². The van der Waals surface area contributed by atoms with E-state index in [9.17, 15) is 22.0 Å². The largest absolute Gasteiger partial charge is 0.421 e. The number of rotatable bonds is 4. The Labute approximate surface area is 103 Å². The molecule has 7 heteroatoms. The highest BCUT2D eigenvalue weighted by Crippen LogP contribution is 2.23. The van der Waals surface area contributed by atoms with E-state index < -0.39 is 21.0 Å². The Kier molecular flexibility index (Phi) is 3.85. The number of hydrogen-bond acceptors (Lipinski definition) is 3. The highest BCUT2D eigenvalue weighted by Gasteiger charge is 2.49. The molecule has 18 heavy (non-hydrogen) atoms. The first kappa shape index (κ1) is 14.3. The lowest BCUT2D eigenvalue weighted by atomic mass is 10.2. The Morgan fingerprint density at radius 2 is 1.83 bits per heavy atom. The van der Waals surface area contributed by atoms with E-state index >= 15 is 0 Å². The second kappa shape index (κ2) is 4.85. The van der Waals surface area contributed by atoms with E-state index in [1.165, 1.54) is 18.2 Å². The number of halogens is 2. The second-order valence-corrected chi connectivity index (χ2v) is 5.63. The first-order chi connectivity index (χ1) is 8.18. The average molecular weight is 275 g/mol. The van der Waals surface area contributed by atoms with Gasteiger partial charge in [-0.2, -0.15) is 8.78 Å². The Morgan fingerprint density at radius 1 is 1.33 bits per heavy atom. The Morgan fingerprint density at radius 3 is 2.22 bits per heavy atom. The number of alkyl halides is 2. The zero-order valence-corrected chi connectivity index (χ0v) is 10.3. The van der Waals surface area contributed by atoms with Gasteiger partial charge in [-0.25, -0.2) is 8.42 Å². The fraction of sp³-hybridized carbons (Fsp3) is 0.182. The molecule has 1 amide bonds. The predicted octanol–water partition coefficient (Wildman–Crippen LogP) is 1.91. The van der Waals surface area contributed by atoms with Crippen molar-refractivity contribution in [1.82, 2.24) is 0 Å². The fourth-order valence-corrected chi connectivity index (χ4v) is 1.46. The molecule has 1 rings (SSSR count). The minimum atomic E-state index is -4.80. The third kappa shape index (κ3) is 2.92. The van der Waals surface area contributed by atoms with Crippen molar-refractivity contribution in [3.8, 4) is 0 Å². The quantitative estimate of drug-likeness (QED) is 0.913. The molecule has 0 aromatic heterocycles. The summed E-state index contributed by atoms with van der Waals surface area (Å²) in [6.45, 7) is 3.51. The maximum absolute atomic E-state index is 13.1. The zero-order valence-electron chi connectivity index (χ0n) is 9.48. The molecule has 0 spiro atoms. The maximum atomic E-state index is 13.1. The summed E-state index contributed by atoms with van der Waals surface area (Å²) < 4.78 is 47.8. The monoisotopic (exact) mass is 275 g/mol. The van der Waals surface area contributed by atoms with Crippen LogP contribution in [0.4, 0.5) is 14.5 Å². The first-order valence-electron chi connectivity index (χ1n) is 4.80. The number of amides is 1. The van der Waals surface area contributed by atoms with E-state index in [4.69, 9.17) is 0 Å². The van der Waals surface area contributed by atoms with Crippen molar-refractivity contribution in [3.05, 3.63) is 36.4 Å². The Hall–Kier alpha value is -1.76. The summed E-state index contributed by atoms with van der Waals surface area (Å²) in [4.78, 5) is 11.2. The van der Waals surface area contributed by atoms with Gasteiger partial charge < -0.3 is 5.32 Å². The van der Waals surface area contributed by atoms with Gasteiger partial charge in [-0.3, -0.25) is 4.79 Å². The van der Waals surface area contributed by atoms with Crippen molar-refractivity contribution in [2.24, 2.45) is 0 Å². The molecule has 1 aromatic rings. The minimum absolute atomic E-state index is 0.0777. The summed E-state index contributed by atoms with van der Waals surface area (Å²) in [5.74, 6) is -1.88. The summed E-state index contributed by atoms with van der Waals surface area (Å²) in [6, 6.07) is 5.82. The van der Waals surface area contributed by atoms with Gasteiger partial charge in [0.15, 0.2) is 0 Å². The van der Waals surface area contributed by atoms with Gasteiger partial charge in [0.05, 0.1) is 0 Å². The molecule has 0 saturated carbocycles. The first-order valence-corrected chi connectivity index (χ1v) is 6.69. The van der Waals surface area contributed by atoms with Crippen molar-refractivity contribution in [1.29, 1.82) is 0 Å². The standard InChI is InChI=1S/C11H11F2NO3S/c1-3-8-4-6-9(7-5-8)14-10(15)11(12,13)18(2,16)17/h3-7H,1H2,2H3,(H,14,15). The van der Waals surface area contributed by atoms with Gasteiger partial charge in [-0.1, -0.05) is 24.8 Å². The molecule has 0 fully saturated rings. The van der Waals surface area contributed by atoms with E-state index in [1.807, 2.05) is 5.32 Å². The number of nitrogens with one attached hydrogen (secondary N) is 1. The lowest BCUT2D eigenvalue weighted by molar-refractivity contribution is -0.129. The third-order valence-corrected chi connectivity index (χ3v) is 3.25. The molecular weight excluding hydrogens is 264 g/mol. The van der Waals surface area contributed by atoms with Crippen molar-refractivity contribution >= 4 is 27.5 Å². The highest BCUT2D eigenvalue weighted by molar-refractivity contribution is 7.92. The number of anilines is 1. The molecule has 0 atom stereocenters. The van der Waals surface area contributed by atoms with Crippen LogP contribution in [-0.2, 0) is 14.6 Å².